The molecule has 0 saturated carbocycles. The van der Waals surface area contributed by atoms with Crippen LogP contribution in [0.5, 0.6) is 0 Å². The van der Waals surface area contributed by atoms with Crippen molar-refractivity contribution in [3.05, 3.63) is 0 Å². The Hall–Kier alpha value is 1.02. The Morgan fingerprint density at radius 3 is 1.36 bits per heavy atom. The molecule has 0 aliphatic heterocycles. The molecule has 0 atom stereocenters. The molecule has 4 heteroatoms. The molecular formula is C18H37CaClO2. The summed E-state index contributed by atoms with van der Waals surface area (Å²) in [6.07, 6.45) is 20.4. The van der Waals surface area contributed by atoms with E-state index in [1.807, 2.05) is 0 Å². The van der Waals surface area contributed by atoms with E-state index >= 15 is 0 Å². The zero-order chi connectivity index (χ0) is 15.6. The van der Waals surface area contributed by atoms with Crippen molar-refractivity contribution in [3.8, 4) is 0 Å². The second kappa shape index (κ2) is 22.0. The molecule has 0 N–H and O–H groups in total. The van der Waals surface area contributed by atoms with E-state index in [0.717, 1.165) is 12.8 Å². The predicted octanol–water partition coefficient (Wildman–Crippen LogP) is 6.79. The summed E-state index contributed by atoms with van der Waals surface area (Å²) in [5.74, 6) is -0.300. The van der Waals surface area contributed by atoms with Gasteiger partial charge in [0.05, 0.1) is 0 Å². The van der Waals surface area contributed by atoms with Crippen molar-refractivity contribution in [2.24, 2.45) is 0 Å². The van der Waals surface area contributed by atoms with Gasteiger partial charge in [-0.1, -0.05) is 96.8 Å². The molecule has 0 unspecified atom stereocenters. The molecule has 0 aromatic rings. The van der Waals surface area contributed by atoms with Gasteiger partial charge in [0.15, 0.2) is 0 Å². The minimum absolute atomic E-state index is 0. The van der Waals surface area contributed by atoms with E-state index in [-0.39, 0.29) is 46.6 Å². The molecule has 0 fully saturated rings. The molecule has 0 radical (unpaired) electrons. The van der Waals surface area contributed by atoms with Gasteiger partial charge in [-0.15, -0.1) is 0 Å². The standard InChI is InChI=1S/C18H35ClO2.Ca.2H/c1-2-3-4-5-6-7-8-9-10-11-12-13-14-15-16-17-18(20)21-19;;;/h2-17H2,1H3;;;/q;+2;2*-1. The summed E-state index contributed by atoms with van der Waals surface area (Å²) >= 11 is 4.97. The first kappa shape index (κ1) is 25.3. The fraction of sp³-hybridized carbons (Fsp3) is 0.944. The number of hydrogen-bond acceptors (Lipinski definition) is 2. The summed E-state index contributed by atoms with van der Waals surface area (Å²) in [7, 11) is 0. The van der Waals surface area contributed by atoms with Crippen LogP contribution in [0.4, 0.5) is 0 Å². The Morgan fingerprint density at radius 1 is 0.727 bits per heavy atom. The van der Waals surface area contributed by atoms with E-state index < -0.39 is 0 Å². The third-order valence-electron chi connectivity index (χ3n) is 4.07. The van der Waals surface area contributed by atoms with Gasteiger partial charge in [-0.25, -0.2) is 0 Å². The Labute approximate surface area is 176 Å². The molecule has 0 bridgehead atoms. The number of halogens is 1. The maximum absolute atomic E-state index is 10.8. The Balaban J connectivity index is -0.000000667. The number of rotatable bonds is 16. The first-order chi connectivity index (χ1) is 10.3. The fourth-order valence-corrected chi connectivity index (χ4v) is 2.76. The van der Waals surface area contributed by atoms with Crippen molar-refractivity contribution in [2.45, 2.75) is 110 Å². The average molecular weight is 361 g/mol. The largest absolute Gasteiger partial charge is 2.00 e. The minimum atomic E-state index is -0.300. The van der Waals surface area contributed by atoms with Crippen molar-refractivity contribution in [3.63, 3.8) is 0 Å². The van der Waals surface area contributed by atoms with Crippen molar-refractivity contribution in [1.29, 1.82) is 0 Å². The molecule has 0 amide bonds. The Morgan fingerprint density at radius 2 is 1.05 bits per heavy atom. The van der Waals surface area contributed by atoms with E-state index in [9.17, 15) is 4.79 Å². The molecule has 0 heterocycles. The summed E-state index contributed by atoms with van der Waals surface area (Å²) in [6.45, 7) is 2.27. The van der Waals surface area contributed by atoms with Crippen molar-refractivity contribution >= 4 is 55.6 Å². The normalized spacial score (nSPS) is 10.3. The van der Waals surface area contributed by atoms with Gasteiger partial charge >= 0.3 is 43.7 Å². The maximum Gasteiger partial charge on any atom is 2.00 e. The zero-order valence-corrected chi connectivity index (χ0v) is 17.7. The second-order valence-corrected chi connectivity index (χ2v) is 6.30. The second-order valence-electron chi connectivity index (χ2n) is 6.15. The number of carbonyl (C=O) groups is 1. The van der Waals surface area contributed by atoms with Crippen LogP contribution < -0.4 is 0 Å². The van der Waals surface area contributed by atoms with E-state index in [1.54, 1.807) is 0 Å². The van der Waals surface area contributed by atoms with E-state index in [0.29, 0.717) is 6.42 Å². The van der Waals surface area contributed by atoms with Gasteiger partial charge in [-0.3, -0.25) is 4.79 Å². The minimum Gasteiger partial charge on any atom is -1.00 e. The first-order valence-electron chi connectivity index (χ1n) is 9.12. The SMILES string of the molecule is CCCCCCCCCCCCCCCCCC(=O)OCl.[Ca+2].[H-].[H-]. The van der Waals surface area contributed by atoms with Gasteiger partial charge in [0, 0.05) is 6.42 Å². The van der Waals surface area contributed by atoms with Gasteiger partial charge in [0.1, 0.15) is 11.9 Å². The quantitative estimate of drug-likeness (QED) is 0.224. The van der Waals surface area contributed by atoms with E-state index in [2.05, 4.69) is 11.2 Å². The van der Waals surface area contributed by atoms with Crippen molar-refractivity contribution in [2.75, 3.05) is 0 Å². The molecule has 0 aliphatic carbocycles. The van der Waals surface area contributed by atoms with Crippen LogP contribution in [0.3, 0.4) is 0 Å². The third-order valence-corrected chi connectivity index (χ3v) is 4.24. The molecule has 130 valence electrons. The molecule has 0 saturated heterocycles. The van der Waals surface area contributed by atoms with Crippen LogP contribution >= 0.6 is 11.9 Å². The monoisotopic (exact) mass is 360 g/mol. The average Bonchev–Trinajstić information content (AvgIpc) is 2.50. The van der Waals surface area contributed by atoms with E-state index in [1.165, 1.54) is 83.5 Å². The number of hydrogen-bond donors (Lipinski definition) is 0. The molecule has 0 aromatic carbocycles. The van der Waals surface area contributed by atoms with Crippen LogP contribution in [0, 0.1) is 0 Å². The van der Waals surface area contributed by atoms with Crippen LogP contribution in [0.2, 0.25) is 0 Å². The summed E-state index contributed by atoms with van der Waals surface area (Å²) in [5.41, 5.74) is 0. The Bertz CT molecular complexity index is 235. The molecule has 0 aliphatic rings. The summed E-state index contributed by atoms with van der Waals surface area (Å²) in [6, 6.07) is 0. The van der Waals surface area contributed by atoms with Crippen molar-refractivity contribution < 1.29 is 11.9 Å². The molecular weight excluding hydrogens is 324 g/mol. The molecule has 22 heavy (non-hydrogen) atoms. The van der Waals surface area contributed by atoms with Crippen LogP contribution in [-0.4, -0.2) is 43.7 Å². The summed E-state index contributed by atoms with van der Waals surface area (Å²) < 4.78 is 4.10. The molecule has 0 aromatic heterocycles. The maximum atomic E-state index is 10.8. The number of unbranched alkanes of at least 4 members (excludes halogenated alkanes) is 14. The van der Waals surface area contributed by atoms with Gasteiger partial charge in [0.25, 0.3) is 0 Å². The molecule has 2 nitrogen and oxygen atoms in total. The number of carbonyl (C=O) groups excluding carboxylic acids is 1. The third kappa shape index (κ3) is 21.0. The smallest absolute Gasteiger partial charge is 1.00 e. The van der Waals surface area contributed by atoms with Crippen LogP contribution in [0.25, 0.3) is 0 Å². The predicted molar refractivity (Wildman–Crippen MR) is 99.5 cm³/mol. The van der Waals surface area contributed by atoms with E-state index in [4.69, 9.17) is 11.9 Å². The van der Waals surface area contributed by atoms with Gasteiger partial charge in [-0.05, 0) is 6.42 Å². The van der Waals surface area contributed by atoms with Crippen LogP contribution in [0.15, 0.2) is 0 Å². The van der Waals surface area contributed by atoms with Gasteiger partial charge in [0.2, 0.25) is 0 Å². The topological polar surface area (TPSA) is 26.3 Å². The van der Waals surface area contributed by atoms with Crippen LogP contribution in [0.1, 0.15) is 113 Å². The molecule has 0 spiro atoms. The summed E-state index contributed by atoms with van der Waals surface area (Å²) in [5, 5.41) is 0. The zero-order valence-electron chi connectivity index (χ0n) is 16.7. The van der Waals surface area contributed by atoms with Gasteiger partial charge < -0.3 is 7.14 Å². The van der Waals surface area contributed by atoms with Crippen LogP contribution in [-0.2, 0) is 9.08 Å². The van der Waals surface area contributed by atoms with Crippen molar-refractivity contribution in [1.82, 2.24) is 0 Å². The molecule has 0 rings (SSSR count). The first-order valence-corrected chi connectivity index (χ1v) is 9.43. The summed E-state index contributed by atoms with van der Waals surface area (Å²) in [4.78, 5) is 10.8. The van der Waals surface area contributed by atoms with Gasteiger partial charge in [-0.2, -0.15) is 0 Å². The Kier molecular flexibility index (Phi) is 25.3. The fourth-order valence-electron chi connectivity index (χ4n) is 2.68.